The maximum atomic E-state index is 12.4. The fraction of sp³-hybridized carbons (Fsp3) is 0.333. The quantitative estimate of drug-likeness (QED) is 0.600. The second-order valence-corrected chi connectivity index (χ2v) is 6.77. The van der Waals surface area contributed by atoms with Crippen molar-refractivity contribution in [3.05, 3.63) is 59.7 Å². The Hall–Kier alpha value is -2.94. The smallest absolute Gasteiger partial charge is 0.343 e. The molecule has 2 fully saturated rings. The van der Waals surface area contributed by atoms with Crippen LogP contribution in [0.4, 0.5) is 0 Å². The van der Waals surface area contributed by atoms with Crippen LogP contribution in [-0.2, 0) is 18.9 Å². The molecular formula is C21H20O8. The van der Waals surface area contributed by atoms with E-state index >= 15 is 0 Å². The Morgan fingerprint density at radius 3 is 2.07 bits per heavy atom. The second-order valence-electron chi connectivity index (χ2n) is 6.77. The van der Waals surface area contributed by atoms with Crippen LogP contribution in [0.3, 0.4) is 0 Å². The highest BCUT2D eigenvalue weighted by Gasteiger charge is 2.49. The van der Waals surface area contributed by atoms with Gasteiger partial charge in [0, 0.05) is 7.11 Å². The minimum atomic E-state index is -0.569. The molecule has 4 rings (SSSR count). The van der Waals surface area contributed by atoms with Crippen molar-refractivity contribution < 1.29 is 38.4 Å². The molecule has 0 saturated carbocycles. The van der Waals surface area contributed by atoms with Crippen molar-refractivity contribution in [3.63, 3.8) is 0 Å². The molecule has 2 aliphatic heterocycles. The number of carbonyl (C=O) groups excluding carboxylic acids is 2. The SMILES string of the molecule is CO[C@@H]1COC2C(OC(=O)c3ccc(OC(=O)c4ccc(O)cc4)cc3)COC21. The molecule has 2 aromatic carbocycles. The summed E-state index contributed by atoms with van der Waals surface area (Å²) >= 11 is 0. The van der Waals surface area contributed by atoms with Crippen molar-refractivity contribution in [3.8, 4) is 11.5 Å². The Labute approximate surface area is 166 Å². The highest BCUT2D eigenvalue weighted by atomic mass is 16.7. The molecule has 2 saturated heterocycles. The number of ether oxygens (including phenoxy) is 5. The first-order valence-corrected chi connectivity index (χ1v) is 9.13. The minimum absolute atomic E-state index is 0.0594. The first kappa shape index (κ1) is 19.4. The number of methoxy groups -OCH3 is 1. The van der Waals surface area contributed by atoms with E-state index in [-0.39, 0.29) is 36.4 Å². The number of aromatic hydroxyl groups is 1. The van der Waals surface area contributed by atoms with E-state index in [0.29, 0.717) is 17.7 Å². The van der Waals surface area contributed by atoms with Crippen LogP contribution in [-0.4, -0.2) is 61.8 Å². The lowest BCUT2D eigenvalue weighted by Gasteiger charge is -2.16. The monoisotopic (exact) mass is 400 g/mol. The van der Waals surface area contributed by atoms with Crippen LogP contribution in [0.5, 0.6) is 11.5 Å². The summed E-state index contributed by atoms with van der Waals surface area (Å²) < 4.78 is 27.4. The molecule has 0 amide bonds. The van der Waals surface area contributed by atoms with Crippen LogP contribution in [0.2, 0.25) is 0 Å². The number of hydrogen-bond donors (Lipinski definition) is 1. The average molecular weight is 400 g/mol. The fourth-order valence-corrected chi connectivity index (χ4v) is 3.36. The number of benzene rings is 2. The van der Waals surface area contributed by atoms with Gasteiger partial charge >= 0.3 is 11.9 Å². The Morgan fingerprint density at radius 1 is 0.862 bits per heavy atom. The van der Waals surface area contributed by atoms with Gasteiger partial charge in [-0.2, -0.15) is 0 Å². The van der Waals surface area contributed by atoms with Crippen LogP contribution in [0, 0.1) is 0 Å². The lowest BCUT2D eigenvalue weighted by molar-refractivity contribution is -0.0280. The van der Waals surface area contributed by atoms with Crippen molar-refractivity contribution >= 4 is 11.9 Å². The van der Waals surface area contributed by atoms with Crippen molar-refractivity contribution in [2.75, 3.05) is 20.3 Å². The molecule has 0 radical (unpaired) electrons. The lowest BCUT2D eigenvalue weighted by Crippen LogP contribution is -2.34. The molecule has 8 nitrogen and oxygen atoms in total. The number of carbonyl (C=O) groups is 2. The van der Waals surface area contributed by atoms with Gasteiger partial charge in [0.05, 0.1) is 24.3 Å². The molecule has 8 heteroatoms. The second kappa shape index (κ2) is 8.20. The number of esters is 2. The molecule has 0 aliphatic carbocycles. The van der Waals surface area contributed by atoms with Crippen molar-refractivity contribution in [2.24, 2.45) is 0 Å². The van der Waals surface area contributed by atoms with Gasteiger partial charge in [-0.1, -0.05) is 0 Å². The topological polar surface area (TPSA) is 101 Å². The number of phenols is 1. The molecule has 2 aliphatic rings. The summed E-state index contributed by atoms with van der Waals surface area (Å²) in [5.74, 6) is -0.740. The number of fused-ring (bicyclic) bond motifs is 1. The zero-order valence-electron chi connectivity index (χ0n) is 15.6. The van der Waals surface area contributed by atoms with Crippen LogP contribution < -0.4 is 4.74 Å². The van der Waals surface area contributed by atoms with E-state index in [2.05, 4.69) is 0 Å². The van der Waals surface area contributed by atoms with Gasteiger partial charge in [-0.3, -0.25) is 0 Å². The Balaban J connectivity index is 1.35. The first-order chi connectivity index (χ1) is 14.0. The van der Waals surface area contributed by atoms with Gasteiger partial charge in [0.1, 0.15) is 29.8 Å². The maximum Gasteiger partial charge on any atom is 0.343 e. The molecule has 1 N–H and O–H groups in total. The van der Waals surface area contributed by atoms with Crippen LogP contribution in [0.25, 0.3) is 0 Å². The third-order valence-corrected chi connectivity index (χ3v) is 4.93. The van der Waals surface area contributed by atoms with Crippen molar-refractivity contribution in [2.45, 2.75) is 24.4 Å². The highest BCUT2D eigenvalue weighted by molar-refractivity contribution is 5.92. The maximum absolute atomic E-state index is 12.4. The summed E-state index contributed by atoms with van der Waals surface area (Å²) in [6.07, 6.45) is -1.24. The third-order valence-electron chi connectivity index (χ3n) is 4.93. The predicted octanol–water partition coefficient (Wildman–Crippen LogP) is 1.95. The number of rotatable bonds is 5. The number of hydrogen-bond acceptors (Lipinski definition) is 8. The van der Waals surface area contributed by atoms with Gasteiger partial charge in [0.25, 0.3) is 0 Å². The van der Waals surface area contributed by atoms with E-state index in [1.54, 1.807) is 7.11 Å². The molecule has 29 heavy (non-hydrogen) atoms. The number of phenolic OH excluding ortho intramolecular Hbond substituents is 1. The van der Waals surface area contributed by atoms with E-state index in [4.69, 9.17) is 23.7 Å². The largest absolute Gasteiger partial charge is 0.508 e. The average Bonchev–Trinajstić information content (AvgIpc) is 3.31. The summed E-state index contributed by atoms with van der Waals surface area (Å²) in [5.41, 5.74) is 0.618. The van der Waals surface area contributed by atoms with Crippen molar-refractivity contribution in [1.82, 2.24) is 0 Å². The van der Waals surface area contributed by atoms with Crippen LogP contribution in [0.1, 0.15) is 20.7 Å². The summed E-state index contributed by atoms with van der Waals surface area (Å²) in [4.78, 5) is 24.5. The molecular weight excluding hydrogens is 380 g/mol. The van der Waals surface area contributed by atoms with Gasteiger partial charge in [-0.15, -0.1) is 0 Å². The van der Waals surface area contributed by atoms with Gasteiger partial charge in [0.15, 0.2) is 6.10 Å². The third kappa shape index (κ3) is 4.09. The molecule has 4 atom stereocenters. The standard InChI is InChI=1S/C21H20O8/c1-25-16-10-26-19-17(11-27-18(16)19)29-21(24)13-4-8-15(9-5-13)28-20(23)12-2-6-14(22)7-3-12/h2-9,16-19,22H,10-11H2,1H3/t16-,17?,18?,19?/m1/s1. The molecule has 152 valence electrons. The molecule has 0 aromatic heterocycles. The molecule has 2 heterocycles. The normalized spacial score (nSPS) is 25.4. The van der Waals surface area contributed by atoms with Gasteiger partial charge < -0.3 is 28.8 Å². The molecule has 2 aromatic rings. The van der Waals surface area contributed by atoms with E-state index in [9.17, 15) is 14.7 Å². The summed E-state index contributed by atoms with van der Waals surface area (Å²) in [7, 11) is 1.59. The van der Waals surface area contributed by atoms with Crippen LogP contribution in [0.15, 0.2) is 48.5 Å². The molecule has 3 unspecified atom stereocenters. The minimum Gasteiger partial charge on any atom is -0.508 e. The lowest BCUT2D eigenvalue weighted by atomic mass is 10.1. The van der Waals surface area contributed by atoms with Gasteiger partial charge in [0.2, 0.25) is 0 Å². The Bertz CT molecular complexity index is 877. The van der Waals surface area contributed by atoms with E-state index in [1.807, 2.05) is 0 Å². The summed E-state index contributed by atoms with van der Waals surface area (Å²) in [6, 6.07) is 11.8. The van der Waals surface area contributed by atoms with Crippen LogP contribution >= 0.6 is 0 Å². The molecule has 0 bridgehead atoms. The molecule has 0 spiro atoms. The Kier molecular flexibility index (Phi) is 5.48. The zero-order chi connectivity index (χ0) is 20.4. The van der Waals surface area contributed by atoms with E-state index in [0.717, 1.165) is 0 Å². The van der Waals surface area contributed by atoms with Gasteiger partial charge in [-0.05, 0) is 48.5 Å². The van der Waals surface area contributed by atoms with E-state index < -0.39 is 18.0 Å². The van der Waals surface area contributed by atoms with Crippen molar-refractivity contribution in [1.29, 1.82) is 0 Å². The first-order valence-electron chi connectivity index (χ1n) is 9.13. The zero-order valence-corrected chi connectivity index (χ0v) is 15.6. The summed E-state index contributed by atoms with van der Waals surface area (Å²) in [5, 5.41) is 9.27. The van der Waals surface area contributed by atoms with Gasteiger partial charge in [-0.25, -0.2) is 9.59 Å². The summed E-state index contributed by atoms with van der Waals surface area (Å²) in [6.45, 7) is 0.657. The predicted molar refractivity (Wildman–Crippen MR) is 99.0 cm³/mol. The Morgan fingerprint density at radius 2 is 1.41 bits per heavy atom. The highest BCUT2D eigenvalue weighted by Crippen LogP contribution is 2.30. The fourth-order valence-electron chi connectivity index (χ4n) is 3.36. The van der Waals surface area contributed by atoms with E-state index in [1.165, 1.54) is 48.5 Å².